The van der Waals surface area contributed by atoms with Crippen molar-refractivity contribution in [3.63, 3.8) is 0 Å². The van der Waals surface area contributed by atoms with Gasteiger partial charge in [-0.1, -0.05) is 23.2 Å². The molecule has 10 heteroatoms. The lowest BCUT2D eigenvalue weighted by Gasteiger charge is -2.16. The highest BCUT2D eigenvalue weighted by molar-refractivity contribution is 9.10. The van der Waals surface area contributed by atoms with E-state index in [1.54, 1.807) is 6.92 Å². The monoisotopic (exact) mass is 435 g/mol. The Hall–Kier alpha value is -1.77. The Bertz CT molecular complexity index is 835. The van der Waals surface area contributed by atoms with Crippen molar-refractivity contribution < 1.29 is 14.1 Å². The third-order valence-corrected chi connectivity index (χ3v) is 4.38. The quantitative estimate of drug-likeness (QED) is 0.428. The van der Waals surface area contributed by atoms with E-state index >= 15 is 0 Å². The van der Waals surface area contributed by atoms with Crippen LogP contribution in [-0.2, 0) is 0 Å². The van der Waals surface area contributed by atoms with Crippen LogP contribution >= 0.6 is 39.1 Å². The van der Waals surface area contributed by atoms with Gasteiger partial charge in [-0.3, -0.25) is 4.79 Å². The van der Waals surface area contributed by atoms with Crippen LogP contribution in [0.1, 0.15) is 28.9 Å². The minimum absolute atomic E-state index is 0.0223. The highest BCUT2D eigenvalue weighted by atomic mass is 79.9. The van der Waals surface area contributed by atoms with E-state index in [4.69, 9.17) is 23.2 Å². The third-order valence-electron chi connectivity index (χ3n) is 3.13. The molecule has 2 aromatic rings. The van der Waals surface area contributed by atoms with Gasteiger partial charge in [0.05, 0.1) is 21.1 Å². The minimum atomic E-state index is -0.710. The van der Waals surface area contributed by atoms with Gasteiger partial charge in [-0.2, -0.15) is 0 Å². The Labute approximate surface area is 154 Å². The normalized spacial score (nSPS) is 11.9. The van der Waals surface area contributed by atoms with Crippen LogP contribution < -0.4 is 5.32 Å². The fourth-order valence-electron chi connectivity index (χ4n) is 1.92. The summed E-state index contributed by atoms with van der Waals surface area (Å²) in [6.45, 7) is 1.59. The predicted molar refractivity (Wildman–Crippen MR) is 90.9 cm³/mol. The second-order valence-electron chi connectivity index (χ2n) is 4.76. The zero-order chi connectivity index (χ0) is 18.0. The number of carbonyl (C=O) groups is 1. The summed E-state index contributed by atoms with van der Waals surface area (Å²) in [5.41, 5.74) is 0.348. The number of benzene rings is 1. The summed E-state index contributed by atoms with van der Waals surface area (Å²) in [6, 6.07) is 2.75. The number of pyridine rings is 1. The first-order chi connectivity index (χ1) is 11.2. The first-order valence-electron chi connectivity index (χ1n) is 6.46. The van der Waals surface area contributed by atoms with E-state index < -0.39 is 28.5 Å². The van der Waals surface area contributed by atoms with Crippen molar-refractivity contribution in [1.29, 1.82) is 0 Å². The molecule has 1 aromatic carbocycles. The Balaban J connectivity index is 2.28. The van der Waals surface area contributed by atoms with E-state index in [0.29, 0.717) is 5.56 Å². The maximum Gasteiger partial charge on any atom is 0.364 e. The summed E-state index contributed by atoms with van der Waals surface area (Å²) in [7, 11) is 0. The molecule has 24 heavy (non-hydrogen) atoms. The number of nitrogens with one attached hydrogen (secondary N) is 1. The Morgan fingerprint density at radius 2 is 2.04 bits per heavy atom. The molecule has 0 radical (unpaired) electrons. The van der Waals surface area contributed by atoms with Crippen LogP contribution in [0.2, 0.25) is 10.0 Å². The van der Waals surface area contributed by atoms with Crippen LogP contribution in [-0.4, -0.2) is 15.8 Å². The van der Waals surface area contributed by atoms with Crippen LogP contribution in [0.25, 0.3) is 0 Å². The van der Waals surface area contributed by atoms with Crippen molar-refractivity contribution in [3.8, 4) is 0 Å². The van der Waals surface area contributed by atoms with Crippen molar-refractivity contribution in [3.05, 3.63) is 66.0 Å². The van der Waals surface area contributed by atoms with Gasteiger partial charge in [-0.15, -0.1) is 0 Å². The second kappa shape index (κ2) is 7.42. The minimum Gasteiger partial charge on any atom is -0.358 e. The topological polar surface area (TPSA) is 85.1 Å². The van der Waals surface area contributed by atoms with Gasteiger partial charge in [0.15, 0.2) is 6.20 Å². The molecule has 0 unspecified atom stereocenters. The molecule has 6 nitrogen and oxygen atoms in total. The molecule has 0 spiro atoms. The van der Waals surface area contributed by atoms with Crippen LogP contribution in [0, 0.1) is 15.9 Å². The van der Waals surface area contributed by atoms with Crippen LogP contribution in [0.15, 0.2) is 28.9 Å². The Kier molecular flexibility index (Phi) is 5.74. The summed E-state index contributed by atoms with van der Waals surface area (Å²) in [5, 5.41) is 13.4. The number of halogens is 4. The average Bonchev–Trinajstić information content (AvgIpc) is 2.50. The lowest BCUT2D eigenvalue weighted by molar-refractivity contribution is -0.389. The number of hydrogen-bond donors (Lipinski definition) is 1. The van der Waals surface area contributed by atoms with Crippen molar-refractivity contribution in [2.45, 2.75) is 13.0 Å². The fourth-order valence-corrected chi connectivity index (χ4v) is 2.87. The van der Waals surface area contributed by atoms with Crippen LogP contribution in [0.5, 0.6) is 0 Å². The fraction of sp³-hybridized carbons (Fsp3) is 0.143. The van der Waals surface area contributed by atoms with Gasteiger partial charge in [0.25, 0.3) is 5.91 Å². The first-order valence-corrected chi connectivity index (χ1v) is 8.00. The van der Waals surface area contributed by atoms with E-state index in [0.717, 1.165) is 18.3 Å². The van der Waals surface area contributed by atoms with E-state index in [1.165, 1.54) is 6.07 Å². The molecule has 0 saturated carbocycles. The largest absolute Gasteiger partial charge is 0.364 e. The van der Waals surface area contributed by atoms with Crippen molar-refractivity contribution in [2.75, 3.05) is 0 Å². The van der Waals surface area contributed by atoms with Gasteiger partial charge in [0.1, 0.15) is 5.82 Å². The molecule has 1 N–H and O–H groups in total. The molecular weight excluding hydrogens is 428 g/mol. The summed E-state index contributed by atoms with van der Waals surface area (Å²) in [6.07, 6.45) is 1.16. The average molecular weight is 437 g/mol. The molecule has 0 saturated heterocycles. The van der Waals surface area contributed by atoms with Gasteiger partial charge in [-0.25, -0.2) is 4.39 Å². The predicted octanol–water partition coefficient (Wildman–Crippen LogP) is 4.69. The van der Waals surface area contributed by atoms with Crippen molar-refractivity contribution >= 4 is 50.9 Å². The molecule has 1 amide bonds. The number of hydrogen-bond acceptors (Lipinski definition) is 4. The smallest absolute Gasteiger partial charge is 0.358 e. The summed E-state index contributed by atoms with van der Waals surface area (Å²) in [5.74, 6) is -1.74. The van der Waals surface area contributed by atoms with Gasteiger partial charge < -0.3 is 15.4 Å². The highest BCUT2D eigenvalue weighted by Crippen LogP contribution is 2.29. The number of amides is 1. The number of nitro groups is 1. The number of carbonyl (C=O) groups excluding carboxylic acids is 1. The summed E-state index contributed by atoms with van der Waals surface area (Å²) >= 11 is 14.8. The van der Waals surface area contributed by atoms with E-state index in [1.807, 2.05) is 0 Å². The second-order valence-corrected chi connectivity index (χ2v) is 6.43. The molecule has 0 aliphatic rings. The first kappa shape index (κ1) is 18.6. The Morgan fingerprint density at radius 3 is 2.67 bits per heavy atom. The molecular formula is C14H9BrCl2FN3O3. The van der Waals surface area contributed by atoms with Crippen LogP contribution in [0.4, 0.5) is 10.2 Å². The SMILES string of the molecule is C[C@H](NC(=O)c1cc([N+](=O)[O-])ncc1Br)c1cc(F)c(Cl)cc1Cl. The third kappa shape index (κ3) is 4.00. The standard InChI is InChI=1S/C14H9BrCl2FN3O3/c1-6(7-2-12(18)11(17)4-10(7)16)20-14(22)8-3-13(21(23)24)19-5-9(8)15/h2-6H,1H3,(H,20,22)/t6-/m0/s1. The highest BCUT2D eigenvalue weighted by Gasteiger charge is 2.21. The number of aromatic nitrogens is 1. The van der Waals surface area contributed by atoms with Gasteiger partial charge >= 0.3 is 5.82 Å². The van der Waals surface area contributed by atoms with Crippen molar-refractivity contribution in [1.82, 2.24) is 10.3 Å². The molecule has 1 atom stereocenters. The van der Waals surface area contributed by atoms with Crippen LogP contribution in [0.3, 0.4) is 0 Å². The van der Waals surface area contributed by atoms with Gasteiger partial charge in [-0.05, 0) is 50.5 Å². The van der Waals surface area contributed by atoms with Gasteiger partial charge in [0, 0.05) is 11.1 Å². The van der Waals surface area contributed by atoms with E-state index in [-0.39, 0.29) is 20.1 Å². The Morgan fingerprint density at radius 1 is 1.38 bits per heavy atom. The lowest BCUT2D eigenvalue weighted by Crippen LogP contribution is -2.27. The zero-order valence-electron chi connectivity index (χ0n) is 12.0. The molecule has 2 rings (SSSR count). The summed E-state index contributed by atoms with van der Waals surface area (Å²) in [4.78, 5) is 26.0. The molecule has 0 aliphatic carbocycles. The maximum absolute atomic E-state index is 13.6. The molecule has 0 fully saturated rings. The molecule has 0 bridgehead atoms. The maximum atomic E-state index is 13.6. The molecule has 1 aromatic heterocycles. The molecule has 1 heterocycles. The summed E-state index contributed by atoms with van der Waals surface area (Å²) < 4.78 is 13.9. The lowest BCUT2D eigenvalue weighted by atomic mass is 10.1. The van der Waals surface area contributed by atoms with E-state index in [9.17, 15) is 19.3 Å². The zero-order valence-corrected chi connectivity index (χ0v) is 15.1. The number of rotatable bonds is 4. The van der Waals surface area contributed by atoms with Crippen molar-refractivity contribution in [2.24, 2.45) is 0 Å². The molecule has 126 valence electrons. The van der Waals surface area contributed by atoms with E-state index in [2.05, 4.69) is 26.2 Å². The molecule has 0 aliphatic heterocycles. The number of nitrogens with zero attached hydrogens (tertiary/aromatic N) is 2. The van der Waals surface area contributed by atoms with Gasteiger partial charge in [0.2, 0.25) is 0 Å².